The van der Waals surface area contributed by atoms with Crippen LogP contribution in [0, 0.1) is 0 Å². The van der Waals surface area contributed by atoms with Crippen LogP contribution in [0.4, 0.5) is 0 Å². The predicted octanol–water partition coefficient (Wildman–Crippen LogP) is 2.69. The van der Waals surface area contributed by atoms with Crippen LogP contribution in [0.5, 0.6) is 0 Å². The summed E-state index contributed by atoms with van der Waals surface area (Å²) in [7, 11) is 0. The first-order valence-corrected chi connectivity index (χ1v) is 4.78. The van der Waals surface area contributed by atoms with Crippen molar-refractivity contribution in [3.63, 3.8) is 0 Å². The summed E-state index contributed by atoms with van der Waals surface area (Å²) in [6.07, 6.45) is 3.10. The van der Waals surface area contributed by atoms with E-state index in [9.17, 15) is 0 Å². The van der Waals surface area contributed by atoms with E-state index in [0.717, 1.165) is 26.1 Å². The summed E-state index contributed by atoms with van der Waals surface area (Å²) in [5.41, 5.74) is 6.04. The van der Waals surface area contributed by atoms with Crippen LogP contribution in [0.3, 0.4) is 0 Å². The Bertz CT molecular complexity index is 91.8. The van der Waals surface area contributed by atoms with Crippen LogP contribution < -0.4 is 5.73 Å². The second-order valence-corrected chi connectivity index (χ2v) is 2.37. The van der Waals surface area contributed by atoms with Crippen LogP contribution in [0.15, 0.2) is 12.3 Å². The number of nitrogens with two attached hydrogens (primary N) is 1. The molecule has 2 heteroatoms. The van der Waals surface area contributed by atoms with Crippen LogP contribution >= 0.6 is 0 Å². The van der Waals surface area contributed by atoms with Gasteiger partial charge < -0.3 is 10.5 Å². The maximum absolute atomic E-state index is 5.33. The average Bonchev–Trinajstić information content (AvgIpc) is 2.07. The van der Waals surface area contributed by atoms with Gasteiger partial charge in [-0.1, -0.05) is 33.8 Å². The predicted molar refractivity (Wildman–Crippen MR) is 55.0 cm³/mol. The first-order valence-electron chi connectivity index (χ1n) is 4.78. The van der Waals surface area contributed by atoms with Gasteiger partial charge in [0, 0.05) is 18.7 Å². The molecule has 0 aromatic carbocycles. The molecule has 0 saturated carbocycles. The molecule has 12 heavy (non-hydrogen) atoms. The molecule has 0 heterocycles. The molecule has 0 bridgehead atoms. The van der Waals surface area contributed by atoms with Crippen molar-refractivity contribution in [3.8, 4) is 0 Å². The highest BCUT2D eigenvalue weighted by atomic mass is 16.5. The number of unbranched alkanes of at least 4 members (excludes halogenated alkanes) is 1. The van der Waals surface area contributed by atoms with Crippen molar-refractivity contribution < 1.29 is 4.74 Å². The number of rotatable bonds is 6. The molecule has 0 rings (SSSR count). The molecule has 0 fully saturated rings. The molecule has 2 nitrogen and oxygen atoms in total. The van der Waals surface area contributed by atoms with Crippen molar-refractivity contribution in [2.24, 2.45) is 5.73 Å². The second-order valence-electron chi connectivity index (χ2n) is 2.37. The van der Waals surface area contributed by atoms with E-state index in [-0.39, 0.29) is 0 Å². The highest BCUT2D eigenvalue weighted by Gasteiger charge is 1.87. The van der Waals surface area contributed by atoms with E-state index >= 15 is 0 Å². The van der Waals surface area contributed by atoms with Gasteiger partial charge in [-0.3, -0.25) is 0 Å². The second kappa shape index (κ2) is 13.1. The van der Waals surface area contributed by atoms with Crippen LogP contribution in [-0.2, 0) is 4.74 Å². The fourth-order valence-electron chi connectivity index (χ4n) is 0.552. The lowest BCUT2D eigenvalue weighted by molar-refractivity contribution is 0.134. The standard InChI is InChI=1S/C8H17NO.C2H6/c1-3-4-6-10-7-5-8(2)9;1-2/h2-7,9H2,1H3;1-2H3. The summed E-state index contributed by atoms with van der Waals surface area (Å²) in [6.45, 7) is 11.3. The number of hydrogen-bond acceptors (Lipinski definition) is 2. The van der Waals surface area contributed by atoms with Gasteiger partial charge in [-0.2, -0.15) is 0 Å². The summed E-state index contributed by atoms with van der Waals surface area (Å²) >= 11 is 0. The van der Waals surface area contributed by atoms with E-state index in [1.54, 1.807) is 0 Å². The molecule has 0 aliphatic heterocycles. The van der Waals surface area contributed by atoms with Crippen LogP contribution in [0.2, 0.25) is 0 Å². The van der Waals surface area contributed by atoms with Gasteiger partial charge in [0.25, 0.3) is 0 Å². The Kier molecular flexibility index (Phi) is 15.4. The van der Waals surface area contributed by atoms with E-state index in [1.165, 1.54) is 6.42 Å². The molecule has 2 N–H and O–H groups in total. The molecule has 0 aromatic heterocycles. The number of hydrogen-bond donors (Lipinski definition) is 1. The monoisotopic (exact) mass is 173 g/mol. The summed E-state index contributed by atoms with van der Waals surface area (Å²) in [4.78, 5) is 0. The minimum atomic E-state index is 0.705. The molecule has 0 atom stereocenters. The maximum atomic E-state index is 5.33. The Labute approximate surface area is 76.8 Å². The average molecular weight is 173 g/mol. The molecule has 0 aliphatic rings. The van der Waals surface area contributed by atoms with Crippen molar-refractivity contribution in [1.82, 2.24) is 0 Å². The fourth-order valence-corrected chi connectivity index (χ4v) is 0.552. The van der Waals surface area contributed by atoms with E-state index < -0.39 is 0 Å². The van der Waals surface area contributed by atoms with E-state index in [1.807, 2.05) is 13.8 Å². The zero-order valence-corrected chi connectivity index (χ0v) is 8.73. The van der Waals surface area contributed by atoms with E-state index in [0.29, 0.717) is 5.70 Å². The van der Waals surface area contributed by atoms with Gasteiger partial charge in [0.1, 0.15) is 0 Å². The highest BCUT2D eigenvalue weighted by Crippen LogP contribution is 1.92. The highest BCUT2D eigenvalue weighted by molar-refractivity contribution is 4.84. The number of ether oxygens (including phenoxy) is 1. The minimum Gasteiger partial charge on any atom is -0.402 e. The van der Waals surface area contributed by atoms with Gasteiger partial charge in [-0.05, 0) is 6.42 Å². The minimum absolute atomic E-state index is 0.705. The molecule has 0 aliphatic carbocycles. The molecule has 0 spiro atoms. The third-order valence-electron chi connectivity index (χ3n) is 1.21. The van der Waals surface area contributed by atoms with Crippen molar-refractivity contribution >= 4 is 0 Å². The van der Waals surface area contributed by atoms with Crippen molar-refractivity contribution in [3.05, 3.63) is 12.3 Å². The Morgan fingerprint density at radius 1 is 1.33 bits per heavy atom. The van der Waals surface area contributed by atoms with E-state index in [2.05, 4.69) is 13.5 Å². The smallest absolute Gasteiger partial charge is 0.0520 e. The third kappa shape index (κ3) is 16.2. The topological polar surface area (TPSA) is 35.2 Å². The van der Waals surface area contributed by atoms with Crippen molar-refractivity contribution in [2.45, 2.75) is 40.0 Å². The lowest BCUT2D eigenvalue weighted by atomic mass is 10.3. The van der Waals surface area contributed by atoms with Crippen LogP contribution in [0.1, 0.15) is 40.0 Å². The first-order chi connectivity index (χ1) is 5.77. The fraction of sp³-hybridized carbons (Fsp3) is 0.800. The SMILES string of the molecule is C=C(N)CCOCCCC.CC. The van der Waals surface area contributed by atoms with Gasteiger partial charge in [0.2, 0.25) is 0 Å². The molecule has 0 saturated heterocycles. The Balaban J connectivity index is 0. The zero-order chi connectivity index (χ0) is 9.82. The van der Waals surface area contributed by atoms with Gasteiger partial charge >= 0.3 is 0 Å². The summed E-state index contributed by atoms with van der Waals surface area (Å²) < 4.78 is 5.24. The van der Waals surface area contributed by atoms with Crippen LogP contribution in [0.25, 0.3) is 0 Å². The van der Waals surface area contributed by atoms with Crippen molar-refractivity contribution in [1.29, 1.82) is 0 Å². The maximum Gasteiger partial charge on any atom is 0.0520 e. The lowest BCUT2D eigenvalue weighted by Gasteiger charge is -2.01. The molecule has 0 amide bonds. The lowest BCUT2D eigenvalue weighted by Crippen LogP contribution is -2.02. The quantitative estimate of drug-likeness (QED) is 0.627. The summed E-state index contributed by atoms with van der Waals surface area (Å²) in [5, 5.41) is 0. The zero-order valence-electron chi connectivity index (χ0n) is 8.73. The Morgan fingerprint density at radius 2 is 1.92 bits per heavy atom. The first kappa shape index (κ1) is 14.0. The molecule has 0 unspecified atom stereocenters. The summed E-state index contributed by atoms with van der Waals surface area (Å²) in [6, 6.07) is 0. The Morgan fingerprint density at radius 3 is 2.33 bits per heavy atom. The molecule has 74 valence electrons. The van der Waals surface area contributed by atoms with Gasteiger partial charge in [0.15, 0.2) is 0 Å². The molecule has 0 radical (unpaired) electrons. The molecular weight excluding hydrogens is 150 g/mol. The molecular formula is C10H23NO. The van der Waals surface area contributed by atoms with Gasteiger partial charge in [0.05, 0.1) is 6.61 Å². The van der Waals surface area contributed by atoms with Gasteiger partial charge in [-0.25, -0.2) is 0 Å². The van der Waals surface area contributed by atoms with E-state index in [4.69, 9.17) is 10.5 Å². The van der Waals surface area contributed by atoms with Crippen LogP contribution in [-0.4, -0.2) is 13.2 Å². The normalized spacial score (nSPS) is 8.58. The Hall–Kier alpha value is -0.500. The van der Waals surface area contributed by atoms with Gasteiger partial charge in [-0.15, -0.1) is 0 Å². The molecule has 0 aromatic rings. The summed E-state index contributed by atoms with van der Waals surface area (Å²) in [5.74, 6) is 0. The van der Waals surface area contributed by atoms with Crippen molar-refractivity contribution in [2.75, 3.05) is 13.2 Å². The third-order valence-corrected chi connectivity index (χ3v) is 1.21. The largest absolute Gasteiger partial charge is 0.402 e.